The van der Waals surface area contributed by atoms with Gasteiger partial charge in [0.15, 0.2) is 0 Å². The van der Waals surface area contributed by atoms with Gasteiger partial charge >= 0.3 is 0 Å². The second kappa shape index (κ2) is 9.68. The molecule has 6 N–H and O–H groups in total. The summed E-state index contributed by atoms with van der Waals surface area (Å²) in [6.07, 6.45) is 1.60. The molecule has 0 saturated heterocycles. The van der Waals surface area contributed by atoms with E-state index < -0.39 is 0 Å². The Labute approximate surface area is 170 Å². The number of hydrogen-bond acceptors (Lipinski definition) is 3. The third kappa shape index (κ3) is 5.10. The lowest BCUT2D eigenvalue weighted by Crippen LogP contribution is -2.45. The quantitative estimate of drug-likeness (QED) is 0.484. The van der Waals surface area contributed by atoms with Gasteiger partial charge in [0.25, 0.3) is 5.91 Å². The number of amides is 1. The molecule has 7 heteroatoms. The maximum Gasteiger partial charge on any atom is 0.267 e. The van der Waals surface area contributed by atoms with Crippen LogP contribution in [-0.2, 0) is 0 Å². The second-order valence-corrected chi connectivity index (χ2v) is 6.85. The molecule has 0 aliphatic heterocycles. The summed E-state index contributed by atoms with van der Waals surface area (Å²) in [7, 11) is 0. The molecular weight excluding hydrogens is 379 g/mol. The van der Waals surface area contributed by atoms with Crippen molar-refractivity contribution in [2.75, 3.05) is 6.54 Å². The smallest absolute Gasteiger partial charge is 0.267 e. The number of fused-ring (bicyclic) bond motifs is 1. The first-order valence-corrected chi connectivity index (χ1v) is 9.13. The Bertz CT molecular complexity index is 926. The van der Waals surface area contributed by atoms with Crippen LogP contribution in [0.4, 0.5) is 4.39 Å². The van der Waals surface area contributed by atoms with E-state index in [0.29, 0.717) is 12.2 Å². The van der Waals surface area contributed by atoms with Crippen molar-refractivity contribution in [2.45, 2.75) is 31.8 Å². The zero-order valence-electron chi connectivity index (χ0n) is 15.7. The van der Waals surface area contributed by atoms with Gasteiger partial charge in [0.1, 0.15) is 11.5 Å². The predicted octanol–water partition coefficient (Wildman–Crippen LogP) is 3.58. The van der Waals surface area contributed by atoms with Crippen molar-refractivity contribution in [3.8, 4) is 11.1 Å². The lowest BCUT2D eigenvalue weighted by Gasteiger charge is -2.20. The van der Waals surface area contributed by atoms with E-state index in [0.717, 1.165) is 34.9 Å². The summed E-state index contributed by atoms with van der Waals surface area (Å²) in [5, 5.41) is 3.88. The minimum atomic E-state index is -0.266. The van der Waals surface area contributed by atoms with Gasteiger partial charge < -0.3 is 21.8 Å². The summed E-state index contributed by atoms with van der Waals surface area (Å²) in [5.74, 6) is -0.456. The van der Waals surface area contributed by atoms with Crippen molar-refractivity contribution < 1.29 is 9.18 Å². The van der Waals surface area contributed by atoms with Gasteiger partial charge in [-0.15, -0.1) is 12.4 Å². The summed E-state index contributed by atoms with van der Waals surface area (Å²) in [6.45, 7) is 2.49. The lowest BCUT2D eigenvalue weighted by molar-refractivity contribution is 0.0929. The standard InChI is InChI=1S/C21H25FN4O.ClH/c1-13(18(24)3-2-10-23)25-21(27)20-12-16-5-4-15(11-19(16)26-20)14-6-8-17(22)9-7-14;/h4-9,11-13,18,26H,2-3,10,23-24H2,1H3,(H,25,27);1H/t13?,18-;/m0./s1. The van der Waals surface area contributed by atoms with E-state index >= 15 is 0 Å². The number of carbonyl (C=O) groups excluding carboxylic acids is 1. The van der Waals surface area contributed by atoms with Crippen LogP contribution < -0.4 is 16.8 Å². The van der Waals surface area contributed by atoms with Crippen molar-refractivity contribution in [1.82, 2.24) is 10.3 Å². The zero-order chi connectivity index (χ0) is 19.4. The Morgan fingerprint density at radius 1 is 1.14 bits per heavy atom. The van der Waals surface area contributed by atoms with E-state index in [-0.39, 0.29) is 36.2 Å². The first-order valence-electron chi connectivity index (χ1n) is 9.13. The van der Waals surface area contributed by atoms with E-state index in [1.54, 1.807) is 12.1 Å². The summed E-state index contributed by atoms with van der Waals surface area (Å²) in [4.78, 5) is 15.7. The SMILES string of the molecule is CC(NC(=O)c1cc2ccc(-c3ccc(F)cc3)cc2[nH]1)[C@@H](N)CCCN.Cl. The van der Waals surface area contributed by atoms with E-state index in [2.05, 4.69) is 10.3 Å². The molecule has 2 aromatic carbocycles. The molecule has 1 aromatic heterocycles. The van der Waals surface area contributed by atoms with E-state index in [1.807, 2.05) is 31.2 Å². The molecule has 150 valence electrons. The van der Waals surface area contributed by atoms with Gasteiger partial charge in [-0.1, -0.05) is 24.3 Å². The fourth-order valence-electron chi connectivity index (χ4n) is 3.07. The number of carbonyl (C=O) groups is 1. The number of H-pyrrole nitrogens is 1. The fraction of sp³-hybridized carbons (Fsp3) is 0.286. The summed E-state index contributed by atoms with van der Waals surface area (Å²) in [6, 6.07) is 13.7. The van der Waals surface area contributed by atoms with Gasteiger partial charge in [0.2, 0.25) is 0 Å². The topological polar surface area (TPSA) is 96.9 Å². The van der Waals surface area contributed by atoms with E-state index in [4.69, 9.17) is 11.5 Å². The molecule has 0 aliphatic rings. The monoisotopic (exact) mass is 404 g/mol. The molecule has 3 aromatic rings. The number of rotatable bonds is 7. The van der Waals surface area contributed by atoms with Crippen LogP contribution in [0.25, 0.3) is 22.0 Å². The van der Waals surface area contributed by atoms with Crippen molar-refractivity contribution in [3.63, 3.8) is 0 Å². The number of nitrogens with two attached hydrogens (primary N) is 2. The molecule has 5 nitrogen and oxygen atoms in total. The molecule has 0 saturated carbocycles. The molecule has 2 atom stereocenters. The zero-order valence-corrected chi connectivity index (χ0v) is 16.6. The lowest BCUT2D eigenvalue weighted by atomic mass is 10.0. The molecule has 0 spiro atoms. The van der Waals surface area contributed by atoms with Crippen LogP contribution >= 0.6 is 12.4 Å². The Morgan fingerprint density at radius 3 is 2.50 bits per heavy atom. The van der Waals surface area contributed by atoms with Gasteiger partial charge in [0.05, 0.1) is 0 Å². The maximum atomic E-state index is 13.1. The highest BCUT2D eigenvalue weighted by Crippen LogP contribution is 2.25. The molecule has 0 bridgehead atoms. The number of hydrogen-bond donors (Lipinski definition) is 4. The van der Waals surface area contributed by atoms with Crippen LogP contribution in [0, 0.1) is 5.82 Å². The fourth-order valence-corrected chi connectivity index (χ4v) is 3.07. The molecule has 28 heavy (non-hydrogen) atoms. The molecular formula is C21H26ClFN4O. The third-order valence-electron chi connectivity index (χ3n) is 4.79. The minimum absolute atomic E-state index is 0. The van der Waals surface area contributed by atoms with Crippen LogP contribution in [0.1, 0.15) is 30.3 Å². The average Bonchev–Trinajstić information content (AvgIpc) is 3.10. The van der Waals surface area contributed by atoms with Crippen LogP contribution in [0.5, 0.6) is 0 Å². The van der Waals surface area contributed by atoms with Gasteiger partial charge in [-0.2, -0.15) is 0 Å². The number of benzene rings is 2. The molecule has 1 heterocycles. The Morgan fingerprint density at radius 2 is 1.82 bits per heavy atom. The van der Waals surface area contributed by atoms with Crippen LogP contribution in [0.2, 0.25) is 0 Å². The minimum Gasteiger partial charge on any atom is -0.351 e. The maximum absolute atomic E-state index is 13.1. The largest absolute Gasteiger partial charge is 0.351 e. The number of aromatic amines is 1. The first-order chi connectivity index (χ1) is 13.0. The van der Waals surface area contributed by atoms with Crippen LogP contribution in [-0.4, -0.2) is 29.5 Å². The van der Waals surface area contributed by atoms with Crippen molar-refractivity contribution >= 4 is 29.2 Å². The highest BCUT2D eigenvalue weighted by atomic mass is 35.5. The number of aromatic nitrogens is 1. The van der Waals surface area contributed by atoms with E-state index in [9.17, 15) is 9.18 Å². The molecule has 0 aliphatic carbocycles. The summed E-state index contributed by atoms with van der Waals surface area (Å²) in [5.41, 5.74) is 14.8. The van der Waals surface area contributed by atoms with Gasteiger partial charge in [0, 0.05) is 23.0 Å². The van der Waals surface area contributed by atoms with Gasteiger partial charge in [-0.3, -0.25) is 4.79 Å². The second-order valence-electron chi connectivity index (χ2n) is 6.85. The Balaban J connectivity index is 0.00000280. The van der Waals surface area contributed by atoms with Gasteiger partial charge in [-0.25, -0.2) is 4.39 Å². The number of nitrogens with one attached hydrogen (secondary N) is 2. The Hall–Kier alpha value is -2.41. The first kappa shape index (κ1) is 21.9. The van der Waals surface area contributed by atoms with Crippen LogP contribution in [0.3, 0.4) is 0 Å². The highest BCUT2D eigenvalue weighted by molar-refractivity contribution is 5.99. The average molecular weight is 405 g/mol. The van der Waals surface area contributed by atoms with Crippen molar-refractivity contribution in [2.24, 2.45) is 11.5 Å². The summed E-state index contributed by atoms with van der Waals surface area (Å²) < 4.78 is 13.1. The predicted molar refractivity (Wildman–Crippen MR) is 114 cm³/mol. The number of halogens is 2. The van der Waals surface area contributed by atoms with Crippen molar-refractivity contribution in [1.29, 1.82) is 0 Å². The van der Waals surface area contributed by atoms with Crippen LogP contribution in [0.15, 0.2) is 48.5 Å². The molecule has 1 unspecified atom stereocenters. The highest BCUT2D eigenvalue weighted by Gasteiger charge is 2.17. The van der Waals surface area contributed by atoms with Crippen molar-refractivity contribution in [3.05, 3.63) is 60.0 Å². The summed E-state index contributed by atoms with van der Waals surface area (Å²) >= 11 is 0. The third-order valence-corrected chi connectivity index (χ3v) is 4.79. The normalized spacial score (nSPS) is 13.0. The molecule has 0 fully saturated rings. The van der Waals surface area contributed by atoms with E-state index in [1.165, 1.54) is 12.1 Å². The molecule has 1 amide bonds. The Kier molecular flexibility index (Phi) is 7.57. The molecule has 0 radical (unpaired) electrons. The molecule has 3 rings (SSSR count). The van der Waals surface area contributed by atoms with Gasteiger partial charge in [-0.05, 0) is 61.7 Å².